The Morgan fingerprint density at radius 1 is 1.40 bits per heavy atom. The lowest BCUT2D eigenvalue weighted by molar-refractivity contribution is -0.119. The SMILES string of the molecule is CC1CCC(NC(=O)CSc2ccc(N)c(F)c2)CC1. The maximum Gasteiger partial charge on any atom is 0.230 e. The van der Waals surface area contributed by atoms with Crippen LogP contribution in [0.1, 0.15) is 32.6 Å². The van der Waals surface area contributed by atoms with Gasteiger partial charge in [0.2, 0.25) is 5.91 Å². The molecule has 1 saturated carbocycles. The first kappa shape index (κ1) is 15.2. The number of nitrogens with one attached hydrogen (secondary N) is 1. The number of amides is 1. The molecule has 0 aliphatic heterocycles. The summed E-state index contributed by atoms with van der Waals surface area (Å²) in [5, 5.41) is 3.06. The average Bonchev–Trinajstić information content (AvgIpc) is 2.43. The predicted molar refractivity (Wildman–Crippen MR) is 81.1 cm³/mol. The number of anilines is 1. The van der Waals surface area contributed by atoms with Crippen molar-refractivity contribution in [3.63, 3.8) is 0 Å². The molecule has 3 N–H and O–H groups in total. The molecule has 0 heterocycles. The van der Waals surface area contributed by atoms with Gasteiger partial charge in [0, 0.05) is 10.9 Å². The Bertz CT molecular complexity index is 473. The fraction of sp³-hybridized carbons (Fsp3) is 0.533. The second-order valence-electron chi connectivity index (χ2n) is 5.50. The van der Waals surface area contributed by atoms with Gasteiger partial charge in [-0.25, -0.2) is 4.39 Å². The van der Waals surface area contributed by atoms with Gasteiger partial charge < -0.3 is 11.1 Å². The van der Waals surface area contributed by atoms with Crippen molar-refractivity contribution in [1.29, 1.82) is 0 Å². The molecule has 1 aliphatic carbocycles. The molecule has 0 aromatic heterocycles. The zero-order chi connectivity index (χ0) is 14.5. The van der Waals surface area contributed by atoms with Gasteiger partial charge in [0.1, 0.15) is 5.82 Å². The van der Waals surface area contributed by atoms with Gasteiger partial charge in [0.05, 0.1) is 11.4 Å². The van der Waals surface area contributed by atoms with Crippen molar-refractivity contribution in [3.8, 4) is 0 Å². The van der Waals surface area contributed by atoms with Gasteiger partial charge >= 0.3 is 0 Å². The van der Waals surface area contributed by atoms with E-state index in [1.165, 1.54) is 36.7 Å². The lowest BCUT2D eigenvalue weighted by atomic mass is 9.87. The molecule has 1 amide bonds. The summed E-state index contributed by atoms with van der Waals surface area (Å²) < 4.78 is 13.3. The number of hydrogen-bond acceptors (Lipinski definition) is 3. The van der Waals surface area contributed by atoms with Crippen LogP contribution in [0.3, 0.4) is 0 Å². The van der Waals surface area contributed by atoms with E-state index in [4.69, 9.17) is 5.73 Å². The minimum absolute atomic E-state index is 0.0202. The number of carbonyl (C=O) groups excluding carboxylic acids is 1. The molecule has 1 fully saturated rings. The van der Waals surface area contributed by atoms with Gasteiger partial charge in [0.25, 0.3) is 0 Å². The van der Waals surface area contributed by atoms with E-state index in [1.807, 2.05) is 0 Å². The second kappa shape index (κ2) is 6.97. The molecule has 0 unspecified atom stereocenters. The Kier molecular flexibility index (Phi) is 5.29. The second-order valence-corrected chi connectivity index (χ2v) is 6.55. The van der Waals surface area contributed by atoms with Gasteiger partial charge in [-0.15, -0.1) is 11.8 Å². The Hall–Kier alpha value is -1.23. The van der Waals surface area contributed by atoms with E-state index in [9.17, 15) is 9.18 Å². The van der Waals surface area contributed by atoms with Crippen molar-refractivity contribution in [2.75, 3.05) is 11.5 Å². The van der Waals surface area contributed by atoms with Crippen molar-refractivity contribution < 1.29 is 9.18 Å². The molecule has 3 nitrogen and oxygen atoms in total. The highest BCUT2D eigenvalue weighted by Gasteiger charge is 2.19. The van der Waals surface area contributed by atoms with Crippen LogP contribution in [0.4, 0.5) is 10.1 Å². The van der Waals surface area contributed by atoms with Crippen LogP contribution in [0.5, 0.6) is 0 Å². The number of benzene rings is 1. The molecule has 1 aromatic carbocycles. The summed E-state index contributed by atoms with van der Waals surface area (Å²) in [5.41, 5.74) is 5.55. The van der Waals surface area contributed by atoms with Gasteiger partial charge in [-0.1, -0.05) is 6.92 Å². The highest BCUT2D eigenvalue weighted by atomic mass is 32.2. The number of thioether (sulfide) groups is 1. The van der Waals surface area contributed by atoms with Gasteiger partial charge in [-0.2, -0.15) is 0 Å². The molecule has 110 valence electrons. The highest BCUT2D eigenvalue weighted by Crippen LogP contribution is 2.24. The van der Waals surface area contributed by atoms with Crippen molar-refractivity contribution >= 4 is 23.4 Å². The molecule has 1 aromatic rings. The Balaban J connectivity index is 1.76. The van der Waals surface area contributed by atoms with E-state index in [-0.39, 0.29) is 11.6 Å². The molecule has 0 radical (unpaired) electrons. The fourth-order valence-electron chi connectivity index (χ4n) is 2.42. The van der Waals surface area contributed by atoms with Crippen LogP contribution < -0.4 is 11.1 Å². The summed E-state index contributed by atoms with van der Waals surface area (Å²) >= 11 is 1.33. The maximum absolute atomic E-state index is 13.3. The van der Waals surface area contributed by atoms with Crippen molar-refractivity contribution in [1.82, 2.24) is 5.32 Å². The first-order valence-corrected chi connectivity index (χ1v) is 8.00. The predicted octanol–water partition coefficient (Wildman–Crippen LogP) is 3.19. The number of halogens is 1. The van der Waals surface area contributed by atoms with Crippen LogP contribution in [-0.4, -0.2) is 17.7 Å². The smallest absolute Gasteiger partial charge is 0.230 e. The van der Waals surface area contributed by atoms with E-state index >= 15 is 0 Å². The minimum atomic E-state index is -0.434. The highest BCUT2D eigenvalue weighted by molar-refractivity contribution is 8.00. The first-order chi connectivity index (χ1) is 9.54. The van der Waals surface area contributed by atoms with Gasteiger partial charge in [-0.3, -0.25) is 4.79 Å². The van der Waals surface area contributed by atoms with E-state index in [0.29, 0.717) is 11.8 Å². The standard InChI is InChI=1S/C15H21FN2OS/c1-10-2-4-11(5-3-10)18-15(19)9-20-12-6-7-14(17)13(16)8-12/h6-8,10-11H,2-5,9,17H2,1H3,(H,18,19). The first-order valence-electron chi connectivity index (χ1n) is 7.02. The average molecular weight is 296 g/mol. The maximum atomic E-state index is 13.3. The number of rotatable bonds is 4. The molecule has 1 aliphatic rings. The Morgan fingerprint density at radius 2 is 2.10 bits per heavy atom. The lowest BCUT2D eigenvalue weighted by Gasteiger charge is -2.26. The molecule has 2 rings (SSSR count). The van der Waals surface area contributed by atoms with Gasteiger partial charge in [-0.05, 0) is 49.8 Å². The topological polar surface area (TPSA) is 55.1 Å². The van der Waals surface area contributed by atoms with Crippen molar-refractivity contribution in [2.45, 2.75) is 43.5 Å². The minimum Gasteiger partial charge on any atom is -0.396 e. The van der Waals surface area contributed by atoms with Crippen LogP contribution in [0, 0.1) is 11.7 Å². The molecular formula is C15H21FN2OS. The summed E-state index contributed by atoms with van der Waals surface area (Å²) in [6.45, 7) is 2.25. The number of nitrogen functional groups attached to an aromatic ring is 1. The molecule has 5 heteroatoms. The summed E-state index contributed by atoms with van der Waals surface area (Å²) in [6, 6.07) is 4.94. The normalized spacial score (nSPS) is 22.5. The Morgan fingerprint density at radius 3 is 2.75 bits per heavy atom. The third-order valence-electron chi connectivity index (χ3n) is 3.72. The molecule has 20 heavy (non-hydrogen) atoms. The fourth-order valence-corrected chi connectivity index (χ4v) is 3.15. The molecule has 0 atom stereocenters. The Labute approximate surface area is 123 Å². The largest absolute Gasteiger partial charge is 0.396 e. The van der Waals surface area contributed by atoms with E-state index in [2.05, 4.69) is 12.2 Å². The van der Waals surface area contributed by atoms with Crippen LogP contribution >= 0.6 is 11.8 Å². The molecular weight excluding hydrogens is 275 g/mol. The number of nitrogens with two attached hydrogens (primary N) is 1. The summed E-state index contributed by atoms with van der Waals surface area (Å²) in [7, 11) is 0. The number of carbonyl (C=O) groups is 1. The van der Waals surface area contributed by atoms with Crippen LogP contribution in [-0.2, 0) is 4.79 Å². The molecule has 0 bridgehead atoms. The van der Waals surface area contributed by atoms with E-state index < -0.39 is 5.82 Å². The summed E-state index contributed by atoms with van der Waals surface area (Å²) in [4.78, 5) is 12.6. The zero-order valence-electron chi connectivity index (χ0n) is 11.7. The van der Waals surface area contributed by atoms with Crippen LogP contribution in [0.15, 0.2) is 23.1 Å². The third kappa shape index (κ3) is 4.40. The summed E-state index contributed by atoms with van der Waals surface area (Å²) in [5.74, 6) is 0.675. The molecule has 0 saturated heterocycles. The zero-order valence-corrected chi connectivity index (χ0v) is 12.5. The van der Waals surface area contributed by atoms with Crippen molar-refractivity contribution in [2.24, 2.45) is 5.92 Å². The third-order valence-corrected chi connectivity index (χ3v) is 4.72. The monoisotopic (exact) mass is 296 g/mol. The lowest BCUT2D eigenvalue weighted by Crippen LogP contribution is -2.38. The van der Waals surface area contributed by atoms with Crippen LogP contribution in [0.2, 0.25) is 0 Å². The summed E-state index contributed by atoms with van der Waals surface area (Å²) in [6.07, 6.45) is 4.49. The van der Waals surface area contributed by atoms with Gasteiger partial charge in [0.15, 0.2) is 0 Å². The van der Waals surface area contributed by atoms with E-state index in [1.54, 1.807) is 6.07 Å². The van der Waals surface area contributed by atoms with E-state index in [0.717, 1.165) is 23.7 Å². The number of hydrogen-bond donors (Lipinski definition) is 2. The molecule has 0 spiro atoms. The quantitative estimate of drug-likeness (QED) is 0.662. The van der Waals surface area contributed by atoms with Crippen LogP contribution in [0.25, 0.3) is 0 Å². The van der Waals surface area contributed by atoms with Crippen molar-refractivity contribution in [3.05, 3.63) is 24.0 Å².